The van der Waals surface area contributed by atoms with Crippen LogP contribution in [0.15, 0.2) is 18.2 Å². The van der Waals surface area contributed by atoms with Crippen LogP contribution in [0.2, 0.25) is 0 Å². The predicted octanol–water partition coefficient (Wildman–Crippen LogP) is 2.49. The monoisotopic (exact) mass is 290 g/mol. The summed E-state index contributed by atoms with van der Waals surface area (Å²) in [6.45, 7) is 9.94. The number of nitrogens with zero attached hydrogens (tertiary/aromatic N) is 1. The van der Waals surface area contributed by atoms with Gasteiger partial charge in [0, 0.05) is 37.7 Å². The van der Waals surface area contributed by atoms with Crippen LogP contribution >= 0.6 is 0 Å². The van der Waals surface area contributed by atoms with Gasteiger partial charge < -0.3 is 15.0 Å². The van der Waals surface area contributed by atoms with E-state index in [2.05, 4.69) is 32.2 Å². The van der Waals surface area contributed by atoms with E-state index in [9.17, 15) is 4.79 Å². The average Bonchev–Trinajstić information content (AvgIpc) is 2.70. The third-order valence-electron chi connectivity index (χ3n) is 3.74. The van der Waals surface area contributed by atoms with E-state index in [4.69, 9.17) is 4.74 Å². The first-order chi connectivity index (χ1) is 9.78. The minimum atomic E-state index is -0.343. The summed E-state index contributed by atoms with van der Waals surface area (Å²) in [5, 5.41) is 3.48. The molecule has 1 unspecified atom stereocenters. The minimum absolute atomic E-state index is 0.0460. The van der Waals surface area contributed by atoms with Crippen LogP contribution in [0.4, 0.5) is 0 Å². The number of carbonyl (C=O) groups is 1. The van der Waals surface area contributed by atoms with Gasteiger partial charge in [-0.3, -0.25) is 4.79 Å². The molecule has 4 nitrogen and oxygen atoms in total. The third-order valence-corrected chi connectivity index (χ3v) is 3.74. The maximum atomic E-state index is 12.0. The molecule has 1 aliphatic rings. The lowest BCUT2D eigenvalue weighted by Gasteiger charge is -2.23. The van der Waals surface area contributed by atoms with Crippen molar-refractivity contribution in [3.8, 4) is 5.75 Å². The molecule has 1 aromatic rings. The number of para-hydroxylation sites is 1. The Labute approximate surface area is 127 Å². The van der Waals surface area contributed by atoms with Crippen molar-refractivity contribution in [1.82, 2.24) is 10.2 Å². The highest BCUT2D eigenvalue weighted by Gasteiger charge is 2.31. The summed E-state index contributed by atoms with van der Waals surface area (Å²) in [5.41, 5.74) is 2.22. The smallest absolute Gasteiger partial charge is 0.263 e. The number of ether oxygens (including phenoxy) is 1. The van der Waals surface area contributed by atoms with Gasteiger partial charge in [-0.1, -0.05) is 18.2 Å². The summed E-state index contributed by atoms with van der Waals surface area (Å²) in [6, 6.07) is 6.12. The predicted molar refractivity (Wildman–Crippen MR) is 84.4 cm³/mol. The second kappa shape index (κ2) is 6.06. The molecule has 0 aliphatic carbocycles. The Hall–Kier alpha value is -1.55. The van der Waals surface area contributed by atoms with Gasteiger partial charge in [0.25, 0.3) is 5.91 Å². The maximum Gasteiger partial charge on any atom is 0.263 e. The second-order valence-electron chi connectivity index (χ2n) is 6.82. The number of carbonyl (C=O) groups excluding carboxylic acids is 1. The highest BCUT2D eigenvalue weighted by atomic mass is 16.5. The lowest BCUT2D eigenvalue weighted by atomic mass is 10.1. The molecule has 0 bridgehead atoms. The largest absolute Gasteiger partial charge is 0.480 e. The van der Waals surface area contributed by atoms with E-state index < -0.39 is 0 Å². The molecular formula is C17H26N2O2. The zero-order valence-corrected chi connectivity index (χ0v) is 13.7. The fourth-order valence-electron chi connectivity index (χ4n) is 2.42. The average molecular weight is 290 g/mol. The molecule has 1 atom stereocenters. The normalized spacial score (nSPS) is 19.2. The van der Waals surface area contributed by atoms with E-state index in [1.165, 1.54) is 0 Å². The van der Waals surface area contributed by atoms with E-state index in [0.29, 0.717) is 0 Å². The van der Waals surface area contributed by atoms with Gasteiger partial charge in [-0.25, -0.2) is 0 Å². The van der Waals surface area contributed by atoms with E-state index >= 15 is 0 Å². The molecule has 1 amide bonds. The molecule has 116 valence electrons. The van der Waals surface area contributed by atoms with E-state index in [0.717, 1.165) is 36.4 Å². The molecule has 1 aromatic carbocycles. The molecule has 1 aliphatic heterocycles. The van der Waals surface area contributed by atoms with Crippen LogP contribution in [0, 0.1) is 6.92 Å². The van der Waals surface area contributed by atoms with E-state index in [-0.39, 0.29) is 17.6 Å². The fourth-order valence-corrected chi connectivity index (χ4v) is 2.42. The van der Waals surface area contributed by atoms with Crippen molar-refractivity contribution in [1.29, 1.82) is 0 Å². The van der Waals surface area contributed by atoms with Gasteiger partial charge in [0.1, 0.15) is 5.75 Å². The summed E-state index contributed by atoms with van der Waals surface area (Å²) in [6.07, 6.45) is 0.417. The first-order valence-electron chi connectivity index (χ1n) is 7.53. The number of benzene rings is 1. The Morgan fingerprint density at radius 3 is 2.67 bits per heavy atom. The van der Waals surface area contributed by atoms with Gasteiger partial charge in [-0.2, -0.15) is 0 Å². The zero-order chi connectivity index (χ0) is 15.6. The van der Waals surface area contributed by atoms with E-state index in [1.807, 2.05) is 26.1 Å². The Kier molecular flexibility index (Phi) is 4.57. The molecule has 1 heterocycles. The van der Waals surface area contributed by atoms with Crippen LogP contribution in [0.5, 0.6) is 5.75 Å². The van der Waals surface area contributed by atoms with Crippen molar-refractivity contribution in [3.05, 3.63) is 29.3 Å². The fraction of sp³-hybridized carbons (Fsp3) is 0.588. The Bertz CT molecular complexity index is 520. The lowest BCUT2D eigenvalue weighted by Crippen LogP contribution is -2.35. The molecule has 2 rings (SSSR count). The van der Waals surface area contributed by atoms with Crippen molar-refractivity contribution < 1.29 is 9.53 Å². The van der Waals surface area contributed by atoms with Gasteiger partial charge >= 0.3 is 0 Å². The molecule has 21 heavy (non-hydrogen) atoms. The molecule has 4 heteroatoms. The summed E-state index contributed by atoms with van der Waals surface area (Å²) < 4.78 is 6.05. The minimum Gasteiger partial charge on any atom is -0.480 e. The van der Waals surface area contributed by atoms with Crippen LogP contribution in [0.3, 0.4) is 0 Å². The van der Waals surface area contributed by atoms with Crippen molar-refractivity contribution in [2.45, 2.75) is 52.3 Å². The molecule has 0 spiro atoms. The maximum absolute atomic E-state index is 12.0. The number of likely N-dealkylation sites (tertiary alicyclic amines) is 1. The van der Waals surface area contributed by atoms with E-state index in [1.54, 1.807) is 4.90 Å². The molecular weight excluding hydrogens is 264 g/mol. The quantitative estimate of drug-likeness (QED) is 0.926. The number of amides is 1. The number of hydrogen-bond donors (Lipinski definition) is 1. The number of likely N-dealkylation sites (N-methyl/N-ethyl adjacent to an activating group) is 1. The molecule has 0 radical (unpaired) electrons. The first kappa shape index (κ1) is 15.8. The highest BCUT2D eigenvalue weighted by molar-refractivity contribution is 5.83. The summed E-state index contributed by atoms with van der Waals surface area (Å²) in [7, 11) is 1.83. The highest BCUT2D eigenvalue weighted by Crippen LogP contribution is 2.27. The van der Waals surface area contributed by atoms with Gasteiger partial charge in [-0.05, 0) is 33.3 Å². The Morgan fingerprint density at radius 1 is 1.38 bits per heavy atom. The molecule has 1 fully saturated rings. The summed E-state index contributed by atoms with van der Waals surface area (Å²) in [5.74, 6) is 0.927. The third kappa shape index (κ3) is 3.97. The van der Waals surface area contributed by atoms with Gasteiger partial charge in [0.2, 0.25) is 0 Å². The van der Waals surface area contributed by atoms with Crippen molar-refractivity contribution in [2.24, 2.45) is 0 Å². The molecule has 0 saturated carbocycles. The van der Waals surface area contributed by atoms with Crippen LogP contribution in [0.1, 0.15) is 38.3 Å². The van der Waals surface area contributed by atoms with Gasteiger partial charge in [0.05, 0.1) is 0 Å². The first-order valence-corrected chi connectivity index (χ1v) is 7.53. The second-order valence-corrected chi connectivity index (χ2v) is 6.82. The lowest BCUT2D eigenvalue weighted by molar-refractivity contribution is -0.132. The van der Waals surface area contributed by atoms with Crippen molar-refractivity contribution in [3.63, 3.8) is 0 Å². The summed E-state index contributed by atoms with van der Waals surface area (Å²) in [4.78, 5) is 13.8. The summed E-state index contributed by atoms with van der Waals surface area (Å²) >= 11 is 0. The molecule has 1 saturated heterocycles. The van der Waals surface area contributed by atoms with Gasteiger partial charge in [0.15, 0.2) is 6.10 Å². The van der Waals surface area contributed by atoms with Crippen LogP contribution < -0.4 is 10.1 Å². The van der Waals surface area contributed by atoms with Crippen molar-refractivity contribution in [2.75, 3.05) is 13.6 Å². The number of nitrogens with one attached hydrogen (secondary N) is 1. The van der Waals surface area contributed by atoms with Crippen LogP contribution in [-0.2, 0) is 11.3 Å². The van der Waals surface area contributed by atoms with Gasteiger partial charge in [-0.15, -0.1) is 0 Å². The number of aryl methyl sites for hydroxylation is 1. The Morgan fingerprint density at radius 2 is 2.10 bits per heavy atom. The standard InChI is InChI=1S/C17H26N2O2/c1-12-7-6-8-13(11-18-17(2,3)4)15(12)21-14-9-10-19(5)16(14)20/h6-8,14,18H,9-11H2,1-5H3. The van der Waals surface area contributed by atoms with Crippen LogP contribution in [-0.4, -0.2) is 36.0 Å². The Balaban J connectivity index is 2.16. The molecule has 0 aromatic heterocycles. The van der Waals surface area contributed by atoms with Crippen LogP contribution in [0.25, 0.3) is 0 Å². The molecule has 1 N–H and O–H groups in total. The SMILES string of the molecule is Cc1cccc(CNC(C)(C)C)c1OC1CCN(C)C1=O. The zero-order valence-electron chi connectivity index (χ0n) is 13.7. The number of hydrogen-bond acceptors (Lipinski definition) is 3. The number of rotatable bonds is 4. The van der Waals surface area contributed by atoms with Crippen molar-refractivity contribution >= 4 is 5.91 Å². The topological polar surface area (TPSA) is 41.6 Å².